The average molecular weight is 246 g/mol. The Labute approximate surface area is 101 Å². The highest BCUT2D eigenvalue weighted by Crippen LogP contribution is 2.13. The maximum Gasteiger partial charge on any atom is 0.375 e. The van der Waals surface area contributed by atoms with E-state index in [0.717, 1.165) is 18.5 Å². The first-order valence-corrected chi connectivity index (χ1v) is 6.49. The van der Waals surface area contributed by atoms with E-state index in [1.54, 1.807) is 0 Å². The van der Waals surface area contributed by atoms with Crippen LogP contribution in [0.4, 0.5) is 0 Å². The van der Waals surface area contributed by atoms with E-state index in [1.807, 2.05) is 0 Å². The number of aromatic amines is 1. The highest BCUT2D eigenvalue weighted by molar-refractivity contribution is 6.30. The molecule has 0 bridgehead atoms. The van der Waals surface area contributed by atoms with Crippen LogP contribution in [0.15, 0.2) is 9.32 Å². The number of aromatic nitrogens is 1. The van der Waals surface area contributed by atoms with Gasteiger partial charge < -0.3 is 4.52 Å². The maximum atomic E-state index is 10.9. The van der Waals surface area contributed by atoms with Crippen molar-refractivity contribution < 1.29 is 4.52 Å². The van der Waals surface area contributed by atoms with E-state index in [0.29, 0.717) is 0 Å². The Kier molecular flexibility index (Phi) is 6.31. The lowest BCUT2D eigenvalue weighted by molar-refractivity contribution is 0.384. The van der Waals surface area contributed by atoms with E-state index in [1.165, 1.54) is 38.5 Å². The lowest BCUT2D eigenvalue weighted by atomic mass is 10.1. The number of H-pyrrole nitrogens is 1. The van der Waals surface area contributed by atoms with Crippen LogP contribution in [0.1, 0.15) is 57.6 Å². The molecule has 0 amide bonds. The van der Waals surface area contributed by atoms with Gasteiger partial charge in [-0.2, -0.15) is 0 Å². The van der Waals surface area contributed by atoms with E-state index < -0.39 is 5.63 Å². The van der Waals surface area contributed by atoms with Gasteiger partial charge in [0.2, 0.25) is 0 Å². The van der Waals surface area contributed by atoms with Crippen LogP contribution < -0.4 is 5.63 Å². The molecule has 0 saturated heterocycles. The molecule has 3 nitrogen and oxygen atoms in total. The summed E-state index contributed by atoms with van der Waals surface area (Å²) in [6.07, 6.45) is 9.57. The van der Waals surface area contributed by atoms with Crippen molar-refractivity contribution in [3.05, 3.63) is 21.1 Å². The highest BCUT2D eigenvalue weighted by Gasteiger charge is 2.07. The third-order valence-corrected chi connectivity index (χ3v) is 3.12. The molecule has 0 aliphatic rings. The van der Waals surface area contributed by atoms with E-state index in [9.17, 15) is 4.79 Å². The molecule has 1 N–H and O–H groups in total. The molecule has 92 valence electrons. The van der Waals surface area contributed by atoms with Crippen LogP contribution in [-0.2, 0) is 6.42 Å². The summed E-state index contributed by atoms with van der Waals surface area (Å²) >= 11 is 5.75. The second kappa shape index (κ2) is 7.55. The molecular formula is C12H20ClNO2. The smallest absolute Gasteiger partial charge is 0.337 e. The Morgan fingerprint density at radius 3 is 2.31 bits per heavy atom. The Morgan fingerprint density at radius 2 is 1.75 bits per heavy atom. The zero-order chi connectivity index (χ0) is 11.8. The Morgan fingerprint density at radius 1 is 1.12 bits per heavy atom. The molecule has 0 aromatic carbocycles. The first kappa shape index (κ1) is 13.4. The number of hydrogen-bond donors (Lipinski definition) is 1. The third kappa shape index (κ3) is 4.44. The second-order valence-electron chi connectivity index (χ2n) is 4.16. The highest BCUT2D eigenvalue weighted by atomic mass is 35.5. The van der Waals surface area contributed by atoms with Gasteiger partial charge in [-0.05, 0) is 12.8 Å². The van der Waals surface area contributed by atoms with Crippen molar-refractivity contribution in [1.29, 1.82) is 0 Å². The van der Waals surface area contributed by atoms with Gasteiger partial charge in [-0.25, -0.2) is 9.95 Å². The van der Waals surface area contributed by atoms with Gasteiger partial charge in [0.15, 0.2) is 5.02 Å². The van der Waals surface area contributed by atoms with Crippen LogP contribution in [0.3, 0.4) is 0 Å². The monoisotopic (exact) mass is 245 g/mol. The zero-order valence-corrected chi connectivity index (χ0v) is 10.6. The molecule has 0 spiro atoms. The van der Waals surface area contributed by atoms with Crippen molar-refractivity contribution in [2.75, 3.05) is 0 Å². The summed E-state index contributed by atoms with van der Waals surface area (Å²) in [4.78, 5) is 10.9. The van der Waals surface area contributed by atoms with Crippen LogP contribution >= 0.6 is 11.6 Å². The first-order chi connectivity index (χ1) is 7.75. The van der Waals surface area contributed by atoms with Gasteiger partial charge in [0.25, 0.3) is 0 Å². The van der Waals surface area contributed by atoms with Gasteiger partial charge in [-0.15, -0.1) is 0 Å². The summed E-state index contributed by atoms with van der Waals surface area (Å²) in [6, 6.07) is 0. The number of hydrogen-bond acceptors (Lipinski definition) is 2. The molecule has 0 radical (unpaired) electrons. The van der Waals surface area contributed by atoms with Crippen molar-refractivity contribution >= 4 is 11.6 Å². The standard InChI is InChI=1S/C12H20ClNO2/c1-2-3-4-5-6-7-8-9-10-11(13)12(15)16-14-10/h14H,2-9H2,1H3. The van der Waals surface area contributed by atoms with Gasteiger partial charge in [-0.3, -0.25) is 0 Å². The molecule has 0 aliphatic heterocycles. The fourth-order valence-corrected chi connectivity index (χ4v) is 1.91. The minimum absolute atomic E-state index is 0.214. The van der Waals surface area contributed by atoms with Crippen molar-refractivity contribution in [2.45, 2.75) is 58.3 Å². The van der Waals surface area contributed by atoms with Crippen LogP contribution in [-0.4, -0.2) is 5.16 Å². The molecule has 0 unspecified atom stereocenters. The molecule has 1 rings (SSSR count). The molecule has 1 aromatic heterocycles. The first-order valence-electron chi connectivity index (χ1n) is 6.11. The fourth-order valence-electron chi connectivity index (χ4n) is 1.74. The Bertz CT molecular complexity index is 343. The number of aryl methyl sites for hydroxylation is 1. The van der Waals surface area contributed by atoms with E-state index >= 15 is 0 Å². The van der Waals surface area contributed by atoms with Crippen molar-refractivity contribution in [3.8, 4) is 0 Å². The predicted octanol–water partition coefficient (Wildman–Crippen LogP) is 3.91. The lowest BCUT2D eigenvalue weighted by Gasteiger charge is -2.00. The van der Waals surface area contributed by atoms with Gasteiger partial charge in [0, 0.05) is 0 Å². The van der Waals surface area contributed by atoms with Crippen LogP contribution in [0.5, 0.6) is 0 Å². The van der Waals surface area contributed by atoms with E-state index in [2.05, 4.69) is 16.6 Å². The maximum absolute atomic E-state index is 10.9. The SMILES string of the molecule is CCCCCCCCCc1[nH]oc(=O)c1Cl. The van der Waals surface area contributed by atoms with Crippen LogP contribution in [0, 0.1) is 0 Å². The van der Waals surface area contributed by atoms with Crippen LogP contribution in [0.2, 0.25) is 5.02 Å². The second-order valence-corrected chi connectivity index (χ2v) is 4.53. The van der Waals surface area contributed by atoms with Crippen molar-refractivity contribution in [2.24, 2.45) is 0 Å². The van der Waals surface area contributed by atoms with Gasteiger partial charge in [-0.1, -0.05) is 57.0 Å². The topological polar surface area (TPSA) is 46.0 Å². The van der Waals surface area contributed by atoms with Gasteiger partial charge >= 0.3 is 5.63 Å². The summed E-state index contributed by atoms with van der Waals surface area (Å²) < 4.78 is 4.59. The quantitative estimate of drug-likeness (QED) is 0.706. The minimum Gasteiger partial charge on any atom is -0.337 e. The Hall–Kier alpha value is -0.700. The summed E-state index contributed by atoms with van der Waals surface area (Å²) in [5.74, 6) is 0. The van der Waals surface area contributed by atoms with E-state index in [-0.39, 0.29) is 5.02 Å². The van der Waals surface area contributed by atoms with Gasteiger partial charge in [0.1, 0.15) is 0 Å². The molecule has 0 atom stereocenters. The van der Waals surface area contributed by atoms with Crippen molar-refractivity contribution in [3.63, 3.8) is 0 Å². The van der Waals surface area contributed by atoms with Gasteiger partial charge in [0.05, 0.1) is 5.69 Å². The number of unbranched alkanes of at least 4 members (excludes halogenated alkanes) is 6. The number of rotatable bonds is 8. The van der Waals surface area contributed by atoms with E-state index in [4.69, 9.17) is 11.6 Å². The average Bonchev–Trinajstić information content (AvgIpc) is 2.59. The molecule has 16 heavy (non-hydrogen) atoms. The minimum atomic E-state index is -0.459. The van der Waals surface area contributed by atoms with Crippen LogP contribution in [0.25, 0.3) is 0 Å². The summed E-state index contributed by atoms with van der Waals surface area (Å²) in [6.45, 7) is 2.22. The normalized spacial score (nSPS) is 10.9. The molecule has 0 fully saturated rings. The molecule has 0 saturated carbocycles. The molecule has 0 aliphatic carbocycles. The third-order valence-electron chi connectivity index (χ3n) is 2.74. The molecule has 4 heteroatoms. The summed E-state index contributed by atoms with van der Waals surface area (Å²) in [5, 5.41) is 2.78. The zero-order valence-electron chi connectivity index (χ0n) is 9.85. The summed E-state index contributed by atoms with van der Waals surface area (Å²) in [5.41, 5.74) is 0.278. The number of halogens is 1. The lowest BCUT2D eigenvalue weighted by Crippen LogP contribution is -1.93. The number of nitrogens with one attached hydrogen (secondary N) is 1. The summed E-state index contributed by atoms with van der Waals surface area (Å²) in [7, 11) is 0. The molecule has 1 aromatic rings. The Balaban J connectivity index is 2.07. The van der Waals surface area contributed by atoms with Crippen molar-refractivity contribution in [1.82, 2.24) is 5.16 Å². The largest absolute Gasteiger partial charge is 0.375 e. The molecular weight excluding hydrogens is 226 g/mol. The predicted molar refractivity (Wildman–Crippen MR) is 66.0 cm³/mol. The molecule has 1 heterocycles. The fraction of sp³-hybridized carbons (Fsp3) is 0.750.